The molecule has 0 saturated carbocycles. The fourth-order valence-electron chi connectivity index (χ4n) is 3.14. The van der Waals surface area contributed by atoms with E-state index in [0.717, 1.165) is 31.6 Å². The van der Waals surface area contributed by atoms with Gasteiger partial charge in [0.15, 0.2) is 0 Å². The summed E-state index contributed by atoms with van der Waals surface area (Å²) in [6.45, 7) is 2.29. The number of carbonyl (C=O) groups excluding carboxylic acids is 1. The standard InChI is InChI=1S/C20H23NO3/c22-19(24-15-17-7-3-1-4-8-17)21-16-20(11-13-23-14-12-20)18-9-5-2-6-10-18/h1-10H,11-16H2,(H,21,22). The van der Waals surface area contributed by atoms with E-state index in [2.05, 4.69) is 17.4 Å². The monoisotopic (exact) mass is 325 g/mol. The lowest BCUT2D eigenvalue weighted by Gasteiger charge is -2.37. The Balaban J connectivity index is 1.58. The molecule has 1 aliphatic heterocycles. The SMILES string of the molecule is O=C(NCC1(c2ccccc2)CCOCC1)OCc1ccccc1. The molecule has 0 aliphatic carbocycles. The Bertz CT molecular complexity index is 636. The van der Waals surface area contributed by atoms with Gasteiger partial charge in [-0.25, -0.2) is 4.79 Å². The maximum atomic E-state index is 12.1. The minimum absolute atomic E-state index is 0.0781. The van der Waals surface area contributed by atoms with E-state index in [1.54, 1.807) is 0 Å². The number of hydrogen-bond donors (Lipinski definition) is 1. The van der Waals surface area contributed by atoms with Gasteiger partial charge >= 0.3 is 6.09 Å². The molecule has 3 rings (SSSR count). The highest BCUT2D eigenvalue weighted by Crippen LogP contribution is 2.34. The molecule has 4 heteroatoms. The van der Waals surface area contributed by atoms with Gasteiger partial charge in [0.25, 0.3) is 0 Å². The summed E-state index contributed by atoms with van der Waals surface area (Å²) in [5.74, 6) is 0. The van der Waals surface area contributed by atoms with E-state index >= 15 is 0 Å². The van der Waals surface area contributed by atoms with E-state index in [1.807, 2.05) is 48.5 Å². The van der Waals surface area contributed by atoms with Crippen molar-refractivity contribution >= 4 is 6.09 Å². The third kappa shape index (κ3) is 4.15. The molecular weight excluding hydrogens is 302 g/mol. The van der Waals surface area contributed by atoms with Crippen molar-refractivity contribution < 1.29 is 14.3 Å². The van der Waals surface area contributed by atoms with E-state index in [9.17, 15) is 4.79 Å². The summed E-state index contributed by atoms with van der Waals surface area (Å²) in [5, 5.41) is 2.95. The smallest absolute Gasteiger partial charge is 0.407 e. The van der Waals surface area contributed by atoms with Crippen LogP contribution in [0.15, 0.2) is 60.7 Å². The lowest BCUT2D eigenvalue weighted by molar-refractivity contribution is 0.0487. The first-order valence-electron chi connectivity index (χ1n) is 8.36. The molecular formula is C20H23NO3. The maximum Gasteiger partial charge on any atom is 0.407 e. The average molecular weight is 325 g/mol. The van der Waals surface area contributed by atoms with Crippen LogP contribution >= 0.6 is 0 Å². The van der Waals surface area contributed by atoms with Gasteiger partial charge in [0.2, 0.25) is 0 Å². The molecule has 24 heavy (non-hydrogen) atoms. The number of amides is 1. The topological polar surface area (TPSA) is 47.6 Å². The molecule has 1 saturated heterocycles. The van der Waals surface area contributed by atoms with Gasteiger partial charge in [0, 0.05) is 25.2 Å². The van der Waals surface area contributed by atoms with E-state index in [1.165, 1.54) is 5.56 Å². The average Bonchev–Trinajstić information content (AvgIpc) is 2.67. The molecule has 0 radical (unpaired) electrons. The Morgan fingerprint density at radius 1 is 1.00 bits per heavy atom. The lowest BCUT2D eigenvalue weighted by atomic mass is 9.74. The zero-order chi connectivity index (χ0) is 16.7. The Morgan fingerprint density at radius 3 is 2.29 bits per heavy atom. The summed E-state index contributed by atoms with van der Waals surface area (Å²) in [6.07, 6.45) is 1.42. The summed E-state index contributed by atoms with van der Waals surface area (Å²) in [4.78, 5) is 12.1. The van der Waals surface area contributed by atoms with Gasteiger partial charge in [0.05, 0.1) is 0 Å². The fourth-order valence-corrected chi connectivity index (χ4v) is 3.14. The molecule has 2 aromatic rings. The van der Waals surface area contributed by atoms with Crippen LogP contribution in [-0.4, -0.2) is 25.9 Å². The van der Waals surface area contributed by atoms with Crippen LogP contribution in [0.5, 0.6) is 0 Å². The molecule has 1 fully saturated rings. The van der Waals surface area contributed by atoms with Crippen molar-refractivity contribution in [2.24, 2.45) is 0 Å². The predicted octanol–water partition coefficient (Wildman–Crippen LogP) is 3.66. The predicted molar refractivity (Wildman–Crippen MR) is 92.8 cm³/mol. The van der Waals surface area contributed by atoms with E-state index in [-0.39, 0.29) is 18.1 Å². The van der Waals surface area contributed by atoms with E-state index in [4.69, 9.17) is 9.47 Å². The first kappa shape index (κ1) is 16.5. The number of hydrogen-bond acceptors (Lipinski definition) is 3. The fraction of sp³-hybridized carbons (Fsp3) is 0.350. The molecule has 0 spiro atoms. The molecule has 2 aromatic carbocycles. The van der Waals surface area contributed by atoms with Crippen LogP contribution in [0.1, 0.15) is 24.0 Å². The highest BCUT2D eigenvalue weighted by atomic mass is 16.5. The van der Waals surface area contributed by atoms with Gasteiger partial charge in [-0.1, -0.05) is 60.7 Å². The Hall–Kier alpha value is -2.33. The van der Waals surface area contributed by atoms with Gasteiger partial charge < -0.3 is 14.8 Å². The van der Waals surface area contributed by atoms with Gasteiger partial charge in [-0.05, 0) is 24.0 Å². The van der Waals surface area contributed by atoms with Crippen molar-refractivity contribution in [3.63, 3.8) is 0 Å². The second kappa shape index (κ2) is 7.97. The van der Waals surface area contributed by atoms with Crippen molar-refractivity contribution in [2.75, 3.05) is 19.8 Å². The van der Waals surface area contributed by atoms with Gasteiger partial charge in [-0.15, -0.1) is 0 Å². The van der Waals surface area contributed by atoms with Crippen LogP contribution in [0.4, 0.5) is 4.79 Å². The Morgan fingerprint density at radius 2 is 1.62 bits per heavy atom. The second-order valence-electron chi connectivity index (χ2n) is 6.17. The second-order valence-corrected chi connectivity index (χ2v) is 6.17. The van der Waals surface area contributed by atoms with Crippen molar-refractivity contribution in [1.82, 2.24) is 5.32 Å². The maximum absolute atomic E-state index is 12.1. The van der Waals surface area contributed by atoms with Crippen LogP contribution < -0.4 is 5.32 Å². The summed E-state index contributed by atoms with van der Waals surface area (Å²) in [6, 6.07) is 20.0. The molecule has 1 N–H and O–H groups in total. The molecule has 1 aliphatic rings. The van der Waals surface area contributed by atoms with Crippen LogP contribution in [0.3, 0.4) is 0 Å². The number of rotatable bonds is 5. The molecule has 0 atom stereocenters. The van der Waals surface area contributed by atoms with Crippen LogP contribution in [0.25, 0.3) is 0 Å². The third-order valence-electron chi connectivity index (χ3n) is 4.62. The lowest BCUT2D eigenvalue weighted by Crippen LogP contribution is -2.44. The van der Waals surface area contributed by atoms with Crippen LogP contribution in [0.2, 0.25) is 0 Å². The minimum Gasteiger partial charge on any atom is -0.445 e. The summed E-state index contributed by atoms with van der Waals surface area (Å²) >= 11 is 0. The summed E-state index contributed by atoms with van der Waals surface area (Å²) in [5.41, 5.74) is 2.15. The molecule has 1 amide bonds. The summed E-state index contributed by atoms with van der Waals surface area (Å²) < 4.78 is 10.8. The molecule has 0 unspecified atom stereocenters. The zero-order valence-corrected chi connectivity index (χ0v) is 13.7. The van der Waals surface area contributed by atoms with Gasteiger partial charge in [-0.2, -0.15) is 0 Å². The first-order chi connectivity index (χ1) is 11.8. The number of nitrogens with one attached hydrogen (secondary N) is 1. The number of benzene rings is 2. The first-order valence-corrected chi connectivity index (χ1v) is 8.36. The number of carbonyl (C=O) groups is 1. The molecule has 1 heterocycles. The zero-order valence-electron chi connectivity index (χ0n) is 13.7. The molecule has 0 aromatic heterocycles. The largest absolute Gasteiger partial charge is 0.445 e. The van der Waals surface area contributed by atoms with Crippen LogP contribution in [-0.2, 0) is 21.5 Å². The Labute approximate surface area is 142 Å². The van der Waals surface area contributed by atoms with Crippen molar-refractivity contribution in [2.45, 2.75) is 24.9 Å². The highest BCUT2D eigenvalue weighted by Gasteiger charge is 2.34. The van der Waals surface area contributed by atoms with Crippen molar-refractivity contribution in [3.05, 3.63) is 71.8 Å². The number of ether oxygens (including phenoxy) is 2. The minimum atomic E-state index is -0.374. The van der Waals surface area contributed by atoms with Crippen molar-refractivity contribution in [3.8, 4) is 0 Å². The van der Waals surface area contributed by atoms with Crippen LogP contribution in [0, 0.1) is 0 Å². The van der Waals surface area contributed by atoms with Gasteiger partial charge in [-0.3, -0.25) is 0 Å². The van der Waals surface area contributed by atoms with Gasteiger partial charge in [0.1, 0.15) is 6.61 Å². The van der Waals surface area contributed by atoms with E-state index in [0.29, 0.717) is 6.54 Å². The summed E-state index contributed by atoms with van der Waals surface area (Å²) in [7, 11) is 0. The van der Waals surface area contributed by atoms with E-state index < -0.39 is 0 Å². The molecule has 0 bridgehead atoms. The quantitative estimate of drug-likeness (QED) is 0.912. The normalized spacial score (nSPS) is 16.3. The molecule has 126 valence electrons. The third-order valence-corrected chi connectivity index (χ3v) is 4.62. The number of alkyl carbamates (subject to hydrolysis) is 1. The Kier molecular flexibility index (Phi) is 5.49. The van der Waals surface area contributed by atoms with Crippen molar-refractivity contribution in [1.29, 1.82) is 0 Å². The highest BCUT2D eigenvalue weighted by molar-refractivity contribution is 5.67. The molecule has 4 nitrogen and oxygen atoms in total.